The minimum atomic E-state index is -3.78. The van der Waals surface area contributed by atoms with E-state index in [0.717, 1.165) is 12.8 Å². The molecule has 1 aliphatic carbocycles. The minimum absolute atomic E-state index is 0.0331. The maximum atomic E-state index is 12.8. The second kappa shape index (κ2) is 7.17. The maximum Gasteiger partial charge on any atom is 0.303 e. The molecule has 0 bridgehead atoms. The molecule has 1 N–H and O–H groups in total. The number of unbranched alkanes of at least 4 members (excludes halogenated alkanes) is 1. The van der Waals surface area contributed by atoms with E-state index in [2.05, 4.69) is 0 Å². The fourth-order valence-corrected chi connectivity index (χ4v) is 5.07. The zero-order chi connectivity index (χ0) is 16.3. The lowest BCUT2D eigenvalue weighted by molar-refractivity contribution is -0.137. The number of nitrogens with zero attached hydrogens (tertiary/aromatic N) is 1. The minimum Gasteiger partial charge on any atom is -0.481 e. The Morgan fingerprint density at radius 3 is 2.32 bits per heavy atom. The molecule has 8 heteroatoms. The standard InChI is InChI=1S/C14H17Cl2NO4S/c15-11-4-3-5-12(16)14(11)22(20,21)17(10-7-8-10)9-2-1-6-13(18)19/h3-5,10H,1-2,6-9H2,(H,18,19). The lowest BCUT2D eigenvalue weighted by Gasteiger charge is -2.23. The molecule has 22 heavy (non-hydrogen) atoms. The first kappa shape index (κ1) is 17.5. The monoisotopic (exact) mass is 365 g/mol. The summed E-state index contributed by atoms with van der Waals surface area (Å²) in [7, 11) is -3.78. The SMILES string of the molecule is O=C(O)CCCCN(C1CC1)S(=O)(=O)c1c(Cl)cccc1Cl. The van der Waals surface area contributed by atoms with E-state index >= 15 is 0 Å². The Labute approximate surface area is 139 Å². The van der Waals surface area contributed by atoms with Crippen molar-refractivity contribution in [3.05, 3.63) is 28.2 Å². The summed E-state index contributed by atoms with van der Waals surface area (Å²) in [6.45, 7) is 0.280. The molecule has 0 unspecified atom stereocenters. The first-order valence-corrected chi connectivity index (χ1v) is 9.21. The molecule has 2 rings (SSSR count). The second-order valence-corrected chi connectivity index (χ2v) is 7.89. The molecule has 5 nitrogen and oxygen atoms in total. The van der Waals surface area contributed by atoms with Crippen LogP contribution in [0.3, 0.4) is 0 Å². The molecule has 0 atom stereocenters. The van der Waals surface area contributed by atoms with Gasteiger partial charge >= 0.3 is 5.97 Å². The third-order valence-electron chi connectivity index (χ3n) is 3.46. The van der Waals surface area contributed by atoms with Gasteiger partial charge in [-0.05, 0) is 37.8 Å². The summed E-state index contributed by atoms with van der Waals surface area (Å²) in [5.41, 5.74) is 0. The predicted molar refractivity (Wildman–Crippen MR) is 84.9 cm³/mol. The Bertz CT molecular complexity index is 639. The van der Waals surface area contributed by atoms with E-state index < -0.39 is 16.0 Å². The van der Waals surface area contributed by atoms with Crippen LogP contribution < -0.4 is 0 Å². The van der Waals surface area contributed by atoms with Gasteiger partial charge in [-0.25, -0.2) is 8.42 Å². The Balaban J connectivity index is 2.18. The van der Waals surface area contributed by atoms with E-state index in [4.69, 9.17) is 28.3 Å². The molecule has 0 amide bonds. The molecule has 1 aromatic rings. The molecule has 0 spiro atoms. The highest BCUT2D eigenvalue weighted by molar-refractivity contribution is 7.89. The topological polar surface area (TPSA) is 74.7 Å². The van der Waals surface area contributed by atoms with E-state index in [1.807, 2.05) is 0 Å². The predicted octanol–water partition coefficient (Wildman–Crippen LogP) is 3.40. The van der Waals surface area contributed by atoms with Crippen molar-refractivity contribution in [3.8, 4) is 0 Å². The molecule has 0 saturated heterocycles. The van der Waals surface area contributed by atoms with Crippen LogP contribution >= 0.6 is 23.2 Å². The van der Waals surface area contributed by atoms with Crippen LogP contribution in [0.4, 0.5) is 0 Å². The van der Waals surface area contributed by atoms with Gasteiger partial charge in [-0.3, -0.25) is 4.79 Å². The number of hydrogen-bond acceptors (Lipinski definition) is 3. The summed E-state index contributed by atoms with van der Waals surface area (Å²) in [5, 5.41) is 8.85. The smallest absolute Gasteiger partial charge is 0.303 e. The van der Waals surface area contributed by atoms with Gasteiger partial charge in [-0.2, -0.15) is 4.31 Å². The van der Waals surface area contributed by atoms with Crippen molar-refractivity contribution in [1.82, 2.24) is 4.31 Å². The number of carboxylic acids is 1. The highest BCUT2D eigenvalue weighted by atomic mass is 35.5. The van der Waals surface area contributed by atoms with E-state index in [1.54, 1.807) is 6.07 Å². The number of hydrogen-bond donors (Lipinski definition) is 1. The van der Waals surface area contributed by atoms with Crippen molar-refractivity contribution in [2.75, 3.05) is 6.54 Å². The Kier molecular flexibility index (Phi) is 5.71. The number of aliphatic carboxylic acids is 1. The van der Waals surface area contributed by atoms with Crippen LogP contribution in [0, 0.1) is 0 Å². The normalized spacial score (nSPS) is 15.2. The van der Waals surface area contributed by atoms with Crippen molar-refractivity contribution in [1.29, 1.82) is 0 Å². The number of carboxylic acid groups (broad SMARTS) is 1. The van der Waals surface area contributed by atoms with Gasteiger partial charge < -0.3 is 5.11 Å². The van der Waals surface area contributed by atoms with Crippen molar-refractivity contribution < 1.29 is 18.3 Å². The fourth-order valence-electron chi connectivity index (χ4n) is 2.25. The second-order valence-electron chi connectivity index (χ2n) is 5.25. The Morgan fingerprint density at radius 1 is 1.23 bits per heavy atom. The van der Waals surface area contributed by atoms with Gasteiger partial charge in [0.25, 0.3) is 0 Å². The molecule has 1 fully saturated rings. The molecule has 1 saturated carbocycles. The molecular weight excluding hydrogens is 349 g/mol. The van der Waals surface area contributed by atoms with Crippen molar-refractivity contribution >= 4 is 39.2 Å². The Hall–Kier alpha value is -0.820. The first-order valence-electron chi connectivity index (χ1n) is 7.01. The third kappa shape index (κ3) is 4.13. The molecule has 0 heterocycles. The van der Waals surface area contributed by atoms with E-state index in [0.29, 0.717) is 12.8 Å². The molecule has 1 aliphatic rings. The molecular formula is C14H17Cl2NO4S. The van der Waals surface area contributed by atoms with Crippen molar-refractivity contribution in [2.45, 2.75) is 43.0 Å². The van der Waals surface area contributed by atoms with Crippen molar-refractivity contribution in [3.63, 3.8) is 0 Å². The number of sulfonamides is 1. The number of rotatable bonds is 8. The van der Waals surface area contributed by atoms with Crippen LogP contribution in [0.15, 0.2) is 23.1 Å². The van der Waals surface area contributed by atoms with Crippen LogP contribution in [0.2, 0.25) is 10.0 Å². The quantitative estimate of drug-likeness (QED) is 0.716. The molecule has 122 valence electrons. The largest absolute Gasteiger partial charge is 0.481 e. The van der Waals surface area contributed by atoms with Crippen molar-refractivity contribution in [2.24, 2.45) is 0 Å². The summed E-state index contributed by atoms with van der Waals surface area (Å²) in [4.78, 5) is 10.5. The summed E-state index contributed by atoms with van der Waals surface area (Å²) in [5.74, 6) is -0.880. The number of halogens is 2. The summed E-state index contributed by atoms with van der Waals surface area (Å²) >= 11 is 12.0. The highest BCUT2D eigenvalue weighted by Crippen LogP contribution is 2.37. The summed E-state index contributed by atoms with van der Waals surface area (Å²) in [6, 6.07) is 4.55. The molecule has 0 aromatic heterocycles. The Morgan fingerprint density at radius 2 is 1.82 bits per heavy atom. The van der Waals surface area contributed by atoms with Crippen LogP contribution in [0.25, 0.3) is 0 Å². The molecule has 0 aliphatic heterocycles. The number of benzene rings is 1. The van der Waals surface area contributed by atoms with Gasteiger partial charge in [0.1, 0.15) is 4.90 Å². The lowest BCUT2D eigenvalue weighted by Crippen LogP contribution is -2.34. The van der Waals surface area contributed by atoms with Gasteiger partial charge in [0.05, 0.1) is 10.0 Å². The van der Waals surface area contributed by atoms with Crippen LogP contribution in [-0.4, -0.2) is 36.4 Å². The average molecular weight is 366 g/mol. The average Bonchev–Trinajstić information content (AvgIpc) is 3.21. The molecule has 1 aromatic carbocycles. The van der Waals surface area contributed by atoms with Crippen LogP contribution in [0.5, 0.6) is 0 Å². The van der Waals surface area contributed by atoms with E-state index in [-0.39, 0.29) is 33.9 Å². The van der Waals surface area contributed by atoms with Gasteiger partial charge in [0.15, 0.2) is 0 Å². The number of carbonyl (C=O) groups is 1. The lowest BCUT2D eigenvalue weighted by atomic mass is 10.2. The third-order valence-corrected chi connectivity index (χ3v) is 6.37. The van der Waals surface area contributed by atoms with Crippen LogP contribution in [0.1, 0.15) is 32.1 Å². The van der Waals surface area contributed by atoms with E-state index in [9.17, 15) is 13.2 Å². The molecule has 0 radical (unpaired) electrons. The maximum absolute atomic E-state index is 12.8. The van der Waals surface area contributed by atoms with Crippen LogP contribution in [-0.2, 0) is 14.8 Å². The highest BCUT2D eigenvalue weighted by Gasteiger charge is 2.39. The first-order chi connectivity index (χ1) is 10.3. The van der Waals surface area contributed by atoms with Gasteiger partial charge in [0, 0.05) is 19.0 Å². The van der Waals surface area contributed by atoms with Gasteiger partial charge in [0.2, 0.25) is 10.0 Å². The zero-order valence-electron chi connectivity index (χ0n) is 11.8. The summed E-state index contributed by atoms with van der Waals surface area (Å²) < 4.78 is 27.1. The summed E-state index contributed by atoms with van der Waals surface area (Å²) in [6.07, 6.45) is 2.57. The van der Waals surface area contributed by atoms with Gasteiger partial charge in [-0.1, -0.05) is 29.3 Å². The zero-order valence-corrected chi connectivity index (χ0v) is 14.2. The van der Waals surface area contributed by atoms with Gasteiger partial charge in [-0.15, -0.1) is 0 Å². The van der Waals surface area contributed by atoms with E-state index in [1.165, 1.54) is 16.4 Å². The fraction of sp³-hybridized carbons (Fsp3) is 0.500.